The lowest BCUT2D eigenvalue weighted by Gasteiger charge is -2.24. The number of rotatable bonds is 8. The molecule has 3 aromatic rings. The van der Waals surface area contributed by atoms with Crippen LogP contribution in [0.5, 0.6) is 11.5 Å². The Balaban J connectivity index is 1.93. The van der Waals surface area contributed by atoms with E-state index in [-0.39, 0.29) is 4.90 Å². The molecule has 0 heterocycles. The zero-order chi connectivity index (χ0) is 22.4. The number of methoxy groups -OCH3 is 2. The van der Waals surface area contributed by atoms with Gasteiger partial charge in [-0.2, -0.15) is 0 Å². The van der Waals surface area contributed by atoms with Gasteiger partial charge in [-0.1, -0.05) is 18.2 Å². The number of sulfonamides is 1. The second-order valence-electron chi connectivity index (χ2n) is 6.42. The molecule has 0 saturated heterocycles. The van der Waals surface area contributed by atoms with Crippen molar-refractivity contribution >= 4 is 27.3 Å². The van der Waals surface area contributed by atoms with Crippen molar-refractivity contribution in [2.75, 3.05) is 30.4 Å². The molecule has 0 saturated carbocycles. The summed E-state index contributed by atoms with van der Waals surface area (Å²) in [5.41, 5.74) is 0.624. The van der Waals surface area contributed by atoms with Gasteiger partial charge in [-0.25, -0.2) is 12.8 Å². The van der Waals surface area contributed by atoms with Crippen LogP contribution >= 0.6 is 0 Å². The molecule has 1 amide bonds. The number of ether oxygens (including phenoxy) is 2. The van der Waals surface area contributed by atoms with Crippen molar-refractivity contribution in [2.24, 2.45) is 0 Å². The van der Waals surface area contributed by atoms with Gasteiger partial charge in [0.05, 0.1) is 30.5 Å². The Hall–Kier alpha value is -3.59. The van der Waals surface area contributed by atoms with Crippen LogP contribution in [0, 0.1) is 5.82 Å². The number of benzene rings is 3. The van der Waals surface area contributed by atoms with Gasteiger partial charge in [0.2, 0.25) is 5.91 Å². The van der Waals surface area contributed by atoms with Gasteiger partial charge < -0.3 is 14.8 Å². The van der Waals surface area contributed by atoms with Gasteiger partial charge in [0.25, 0.3) is 10.0 Å². The number of anilines is 2. The summed E-state index contributed by atoms with van der Waals surface area (Å²) in [5.74, 6) is -0.272. The van der Waals surface area contributed by atoms with Crippen LogP contribution in [0.4, 0.5) is 15.8 Å². The third-order valence-electron chi connectivity index (χ3n) is 4.41. The molecule has 3 rings (SSSR count). The maximum Gasteiger partial charge on any atom is 0.264 e. The van der Waals surface area contributed by atoms with Crippen molar-refractivity contribution in [2.45, 2.75) is 4.90 Å². The fraction of sp³-hybridized carbons (Fsp3) is 0.136. The summed E-state index contributed by atoms with van der Waals surface area (Å²) < 4.78 is 51.1. The summed E-state index contributed by atoms with van der Waals surface area (Å²) in [6, 6.07) is 17.5. The van der Waals surface area contributed by atoms with E-state index in [0.29, 0.717) is 22.9 Å². The van der Waals surface area contributed by atoms with Crippen LogP contribution in [0.25, 0.3) is 0 Å². The van der Waals surface area contributed by atoms with E-state index in [0.717, 1.165) is 28.6 Å². The standard InChI is InChI=1S/C22H21FN2O5S/c1-29-18-10-13-21(30-2)20(14-18)24-22(26)15-25(17-6-4-3-5-7-17)31(27,28)19-11-8-16(23)9-12-19/h3-14H,15H2,1-2H3,(H,24,26). The largest absolute Gasteiger partial charge is 0.497 e. The molecule has 0 aliphatic rings. The molecule has 1 N–H and O–H groups in total. The fourth-order valence-corrected chi connectivity index (χ4v) is 4.30. The summed E-state index contributed by atoms with van der Waals surface area (Å²) >= 11 is 0. The van der Waals surface area contributed by atoms with E-state index in [1.54, 1.807) is 48.5 Å². The average molecular weight is 444 g/mol. The zero-order valence-electron chi connectivity index (χ0n) is 16.9. The van der Waals surface area contributed by atoms with Crippen molar-refractivity contribution in [1.82, 2.24) is 0 Å². The number of hydrogen-bond donors (Lipinski definition) is 1. The molecule has 9 heteroatoms. The molecule has 0 aliphatic heterocycles. The first kappa shape index (κ1) is 22.1. The molecule has 7 nitrogen and oxygen atoms in total. The summed E-state index contributed by atoms with van der Waals surface area (Å²) in [6.45, 7) is -0.510. The zero-order valence-corrected chi connectivity index (χ0v) is 17.7. The SMILES string of the molecule is COc1ccc(OC)c(NC(=O)CN(c2ccccc2)S(=O)(=O)c2ccc(F)cc2)c1. The number of amides is 1. The van der Waals surface area contributed by atoms with Gasteiger partial charge in [0.1, 0.15) is 23.9 Å². The van der Waals surface area contributed by atoms with Crippen molar-refractivity contribution in [3.63, 3.8) is 0 Å². The van der Waals surface area contributed by atoms with Crippen LogP contribution in [0.2, 0.25) is 0 Å². The molecule has 0 aliphatic carbocycles. The molecule has 0 spiro atoms. The highest BCUT2D eigenvalue weighted by Crippen LogP contribution is 2.29. The predicted molar refractivity (Wildman–Crippen MR) is 116 cm³/mol. The van der Waals surface area contributed by atoms with E-state index in [2.05, 4.69) is 5.32 Å². The minimum atomic E-state index is -4.14. The van der Waals surface area contributed by atoms with Crippen LogP contribution in [-0.2, 0) is 14.8 Å². The molecule has 0 unspecified atom stereocenters. The fourth-order valence-electron chi connectivity index (χ4n) is 2.88. The number of carbonyl (C=O) groups is 1. The first-order valence-electron chi connectivity index (χ1n) is 9.20. The van der Waals surface area contributed by atoms with Crippen LogP contribution in [0.15, 0.2) is 77.7 Å². The lowest BCUT2D eigenvalue weighted by atomic mass is 10.2. The van der Waals surface area contributed by atoms with Gasteiger partial charge >= 0.3 is 0 Å². The van der Waals surface area contributed by atoms with E-state index >= 15 is 0 Å². The van der Waals surface area contributed by atoms with E-state index in [9.17, 15) is 17.6 Å². The smallest absolute Gasteiger partial charge is 0.264 e. The first-order chi connectivity index (χ1) is 14.8. The van der Waals surface area contributed by atoms with Crippen molar-refractivity contribution in [3.05, 3.63) is 78.6 Å². The van der Waals surface area contributed by atoms with Gasteiger partial charge in [0.15, 0.2) is 0 Å². The highest BCUT2D eigenvalue weighted by atomic mass is 32.2. The van der Waals surface area contributed by atoms with Crippen LogP contribution in [-0.4, -0.2) is 35.1 Å². The predicted octanol–water partition coefficient (Wildman–Crippen LogP) is 3.68. The van der Waals surface area contributed by atoms with Gasteiger partial charge in [-0.05, 0) is 48.5 Å². The third-order valence-corrected chi connectivity index (χ3v) is 6.20. The number of carbonyl (C=O) groups excluding carboxylic acids is 1. The molecule has 3 aromatic carbocycles. The van der Waals surface area contributed by atoms with Crippen LogP contribution < -0.4 is 19.1 Å². The van der Waals surface area contributed by atoms with Crippen LogP contribution in [0.3, 0.4) is 0 Å². The molecule has 0 fully saturated rings. The maximum atomic E-state index is 13.3. The second kappa shape index (κ2) is 9.48. The quantitative estimate of drug-likeness (QED) is 0.573. The molecule has 0 radical (unpaired) electrons. The molecule has 162 valence electrons. The number of hydrogen-bond acceptors (Lipinski definition) is 5. The maximum absolute atomic E-state index is 13.3. The minimum Gasteiger partial charge on any atom is -0.497 e. The van der Waals surface area contributed by atoms with Crippen molar-refractivity contribution < 1.29 is 27.1 Å². The minimum absolute atomic E-state index is 0.135. The Kier molecular flexibility index (Phi) is 6.76. The molecule has 31 heavy (non-hydrogen) atoms. The highest BCUT2D eigenvalue weighted by Gasteiger charge is 2.27. The molecule has 0 atom stereocenters. The average Bonchev–Trinajstić information content (AvgIpc) is 2.78. The molecule has 0 bridgehead atoms. The van der Waals surface area contributed by atoms with E-state index < -0.39 is 28.3 Å². The molecular formula is C22H21FN2O5S. The Bertz CT molecular complexity index is 1150. The topological polar surface area (TPSA) is 84.9 Å². The second-order valence-corrected chi connectivity index (χ2v) is 8.28. The summed E-state index contributed by atoms with van der Waals surface area (Å²) in [7, 11) is -1.20. The Morgan fingerprint density at radius 2 is 1.65 bits per heavy atom. The van der Waals surface area contributed by atoms with Gasteiger partial charge in [-0.15, -0.1) is 0 Å². The Morgan fingerprint density at radius 3 is 2.26 bits per heavy atom. The van der Waals surface area contributed by atoms with Gasteiger partial charge in [-0.3, -0.25) is 9.10 Å². The van der Waals surface area contributed by atoms with E-state index in [1.165, 1.54) is 14.2 Å². The first-order valence-corrected chi connectivity index (χ1v) is 10.6. The van der Waals surface area contributed by atoms with Crippen molar-refractivity contribution in [1.29, 1.82) is 0 Å². The third kappa shape index (κ3) is 5.13. The monoisotopic (exact) mass is 444 g/mol. The molecular weight excluding hydrogens is 423 g/mol. The Labute approximate surface area is 180 Å². The number of nitrogens with one attached hydrogen (secondary N) is 1. The van der Waals surface area contributed by atoms with Gasteiger partial charge in [0, 0.05) is 6.07 Å². The number of para-hydroxylation sites is 1. The van der Waals surface area contributed by atoms with E-state index in [4.69, 9.17) is 9.47 Å². The van der Waals surface area contributed by atoms with Crippen LogP contribution in [0.1, 0.15) is 0 Å². The highest BCUT2D eigenvalue weighted by molar-refractivity contribution is 7.92. The summed E-state index contributed by atoms with van der Waals surface area (Å²) in [4.78, 5) is 12.7. The van der Waals surface area contributed by atoms with Crippen molar-refractivity contribution in [3.8, 4) is 11.5 Å². The summed E-state index contributed by atoms with van der Waals surface area (Å²) in [5, 5.41) is 2.66. The molecule has 0 aromatic heterocycles. The lowest BCUT2D eigenvalue weighted by molar-refractivity contribution is -0.114. The lowest BCUT2D eigenvalue weighted by Crippen LogP contribution is -2.38. The summed E-state index contributed by atoms with van der Waals surface area (Å²) in [6.07, 6.45) is 0. The van der Waals surface area contributed by atoms with E-state index in [1.807, 2.05) is 0 Å². The number of nitrogens with zero attached hydrogens (tertiary/aromatic N) is 1. The number of halogens is 1. The normalized spacial score (nSPS) is 10.9. The Morgan fingerprint density at radius 1 is 0.968 bits per heavy atom.